The Bertz CT molecular complexity index is 659. The summed E-state index contributed by atoms with van der Waals surface area (Å²) in [5.41, 5.74) is 2.16. The molecule has 1 N–H and O–H groups in total. The fourth-order valence-electron chi connectivity index (χ4n) is 2.08. The molecule has 1 heterocycles. The maximum Gasteiger partial charge on any atom is 0.274 e. The molecule has 21 heavy (non-hydrogen) atoms. The smallest absolute Gasteiger partial charge is 0.274 e. The third kappa shape index (κ3) is 3.24. The molecule has 0 unspecified atom stereocenters. The van der Waals surface area contributed by atoms with Crippen molar-refractivity contribution in [3.8, 4) is 5.75 Å². The van der Waals surface area contributed by atoms with E-state index in [4.69, 9.17) is 9.26 Å². The summed E-state index contributed by atoms with van der Waals surface area (Å²) in [5.74, 6) is 1.20. The summed E-state index contributed by atoms with van der Waals surface area (Å²) in [5, 5.41) is 6.77. The van der Waals surface area contributed by atoms with Gasteiger partial charge >= 0.3 is 0 Å². The summed E-state index contributed by atoms with van der Waals surface area (Å²) < 4.78 is 10.9. The highest BCUT2D eigenvalue weighted by Gasteiger charge is 2.27. The first-order valence-electron chi connectivity index (χ1n) is 7.09. The normalized spacial score (nSPS) is 14.0. The molecule has 1 aliphatic rings. The van der Waals surface area contributed by atoms with E-state index in [1.165, 1.54) is 0 Å². The Labute approximate surface area is 123 Å². The molecule has 0 aliphatic heterocycles. The molecule has 1 aromatic carbocycles. The first-order chi connectivity index (χ1) is 10.1. The maximum atomic E-state index is 12.1. The monoisotopic (exact) mass is 286 g/mol. The largest absolute Gasteiger partial charge is 0.489 e. The van der Waals surface area contributed by atoms with Crippen molar-refractivity contribution >= 4 is 5.91 Å². The van der Waals surface area contributed by atoms with Crippen LogP contribution in [0.15, 0.2) is 28.8 Å². The average Bonchev–Trinajstić information content (AvgIpc) is 3.18. The number of hydrogen-bond acceptors (Lipinski definition) is 4. The Kier molecular flexibility index (Phi) is 3.64. The number of ether oxygens (including phenoxy) is 1. The van der Waals surface area contributed by atoms with Crippen molar-refractivity contribution in [1.29, 1.82) is 0 Å². The van der Waals surface area contributed by atoms with Crippen LogP contribution >= 0.6 is 0 Å². The Morgan fingerprint density at radius 3 is 2.95 bits per heavy atom. The number of nitrogens with zero attached hydrogens (tertiary/aromatic N) is 1. The minimum atomic E-state index is -0.183. The van der Waals surface area contributed by atoms with E-state index in [1.54, 1.807) is 6.92 Å². The van der Waals surface area contributed by atoms with E-state index in [2.05, 4.69) is 10.5 Å². The Hall–Kier alpha value is -2.30. The lowest BCUT2D eigenvalue weighted by atomic mass is 10.2. The van der Waals surface area contributed by atoms with Crippen molar-refractivity contribution in [1.82, 2.24) is 10.5 Å². The fourth-order valence-corrected chi connectivity index (χ4v) is 2.08. The third-order valence-electron chi connectivity index (χ3n) is 3.49. The van der Waals surface area contributed by atoms with E-state index in [1.807, 2.05) is 31.2 Å². The van der Waals surface area contributed by atoms with Crippen LogP contribution in [0.25, 0.3) is 0 Å². The van der Waals surface area contributed by atoms with Crippen LogP contribution < -0.4 is 10.1 Å². The van der Waals surface area contributed by atoms with Gasteiger partial charge < -0.3 is 14.6 Å². The SMILES string of the molecule is Cc1cccc(OCc2c(C(=O)NC3CC3)noc2C)c1. The Morgan fingerprint density at radius 1 is 1.43 bits per heavy atom. The van der Waals surface area contributed by atoms with Crippen molar-refractivity contribution < 1.29 is 14.1 Å². The highest BCUT2D eigenvalue weighted by Crippen LogP contribution is 2.22. The predicted molar refractivity (Wildman–Crippen MR) is 77.2 cm³/mol. The molecule has 0 radical (unpaired) electrons. The van der Waals surface area contributed by atoms with E-state index < -0.39 is 0 Å². The Balaban J connectivity index is 1.72. The van der Waals surface area contributed by atoms with Crippen molar-refractivity contribution in [2.24, 2.45) is 0 Å². The van der Waals surface area contributed by atoms with Crippen LogP contribution in [0.1, 0.15) is 40.2 Å². The molecule has 0 atom stereocenters. The number of amides is 1. The molecule has 5 nitrogen and oxygen atoms in total. The number of rotatable bonds is 5. The van der Waals surface area contributed by atoms with Crippen LogP contribution in [-0.4, -0.2) is 17.1 Å². The number of aryl methyl sites for hydroxylation is 2. The van der Waals surface area contributed by atoms with Crippen molar-refractivity contribution in [3.63, 3.8) is 0 Å². The van der Waals surface area contributed by atoms with Gasteiger partial charge in [-0.3, -0.25) is 4.79 Å². The third-order valence-corrected chi connectivity index (χ3v) is 3.49. The number of nitrogens with one attached hydrogen (secondary N) is 1. The average molecular weight is 286 g/mol. The fraction of sp³-hybridized carbons (Fsp3) is 0.375. The molecule has 1 fully saturated rings. The lowest BCUT2D eigenvalue weighted by Crippen LogP contribution is -2.26. The number of carbonyl (C=O) groups is 1. The molecule has 3 rings (SSSR count). The van der Waals surface area contributed by atoms with E-state index >= 15 is 0 Å². The lowest BCUT2D eigenvalue weighted by Gasteiger charge is -2.07. The van der Waals surface area contributed by atoms with E-state index in [0.29, 0.717) is 23.1 Å². The highest BCUT2D eigenvalue weighted by molar-refractivity contribution is 5.94. The number of aromatic nitrogens is 1. The summed E-state index contributed by atoms with van der Waals surface area (Å²) in [4.78, 5) is 12.1. The van der Waals surface area contributed by atoms with Gasteiger partial charge in [0.25, 0.3) is 5.91 Å². The van der Waals surface area contributed by atoms with Gasteiger partial charge in [-0.05, 0) is 44.4 Å². The predicted octanol–water partition coefficient (Wildman–Crippen LogP) is 2.76. The molecule has 2 aromatic rings. The zero-order chi connectivity index (χ0) is 14.8. The molecule has 5 heteroatoms. The molecule has 1 amide bonds. The van der Waals surface area contributed by atoms with Crippen LogP contribution in [0.5, 0.6) is 5.75 Å². The van der Waals surface area contributed by atoms with Gasteiger partial charge in [-0.2, -0.15) is 0 Å². The van der Waals surface area contributed by atoms with E-state index in [0.717, 1.165) is 24.2 Å². The number of benzene rings is 1. The molecular weight excluding hydrogens is 268 g/mol. The van der Waals surface area contributed by atoms with Crippen molar-refractivity contribution in [2.45, 2.75) is 39.3 Å². The summed E-state index contributed by atoms with van der Waals surface area (Å²) in [6.07, 6.45) is 2.08. The van der Waals surface area contributed by atoms with Crippen molar-refractivity contribution in [2.75, 3.05) is 0 Å². The second-order valence-corrected chi connectivity index (χ2v) is 5.42. The molecule has 0 saturated heterocycles. The van der Waals surface area contributed by atoms with Crippen LogP contribution in [0.4, 0.5) is 0 Å². The summed E-state index contributed by atoms with van der Waals surface area (Å²) in [6, 6.07) is 8.07. The van der Waals surface area contributed by atoms with Gasteiger partial charge in [-0.1, -0.05) is 17.3 Å². The second-order valence-electron chi connectivity index (χ2n) is 5.42. The van der Waals surface area contributed by atoms with Gasteiger partial charge in [0.05, 0.1) is 5.56 Å². The minimum absolute atomic E-state index is 0.183. The molecule has 110 valence electrons. The maximum absolute atomic E-state index is 12.1. The van der Waals surface area contributed by atoms with Gasteiger partial charge in [0.15, 0.2) is 5.69 Å². The standard InChI is InChI=1S/C16H18N2O3/c1-10-4-3-5-13(8-10)20-9-14-11(2)21-18-15(14)16(19)17-12-6-7-12/h3-5,8,12H,6-7,9H2,1-2H3,(H,17,19). The minimum Gasteiger partial charge on any atom is -0.489 e. The zero-order valence-electron chi connectivity index (χ0n) is 12.2. The first-order valence-corrected chi connectivity index (χ1v) is 7.09. The molecule has 1 aliphatic carbocycles. The van der Waals surface area contributed by atoms with Gasteiger partial charge in [-0.25, -0.2) is 0 Å². The number of carbonyl (C=O) groups excluding carboxylic acids is 1. The van der Waals surface area contributed by atoms with Gasteiger partial charge in [0.1, 0.15) is 18.1 Å². The zero-order valence-corrected chi connectivity index (χ0v) is 12.2. The molecule has 0 spiro atoms. The molecular formula is C16H18N2O3. The topological polar surface area (TPSA) is 64.4 Å². The van der Waals surface area contributed by atoms with E-state index in [-0.39, 0.29) is 12.5 Å². The van der Waals surface area contributed by atoms with Crippen molar-refractivity contribution in [3.05, 3.63) is 46.8 Å². The summed E-state index contributed by atoms with van der Waals surface area (Å²) in [7, 11) is 0. The van der Waals surface area contributed by atoms with Crippen LogP contribution in [-0.2, 0) is 6.61 Å². The summed E-state index contributed by atoms with van der Waals surface area (Å²) in [6.45, 7) is 4.06. The van der Waals surface area contributed by atoms with E-state index in [9.17, 15) is 4.79 Å². The highest BCUT2D eigenvalue weighted by atomic mass is 16.5. The van der Waals surface area contributed by atoms with Gasteiger partial charge in [0.2, 0.25) is 0 Å². The second kappa shape index (κ2) is 5.60. The Morgan fingerprint density at radius 2 is 2.24 bits per heavy atom. The molecule has 1 aromatic heterocycles. The van der Waals surface area contributed by atoms with Gasteiger partial charge in [-0.15, -0.1) is 0 Å². The van der Waals surface area contributed by atoms with Crippen LogP contribution in [0.2, 0.25) is 0 Å². The van der Waals surface area contributed by atoms with Crippen LogP contribution in [0, 0.1) is 13.8 Å². The quantitative estimate of drug-likeness (QED) is 0.918. The number of hydrogen-bond donors (Lipinski definition) is 1. The summed E-state index contributed by atoms with van der Waals surface area (Å²) >= 11 is 0. The molecule has 1 saturated carbocycles. The lowest BCUT2D eigenvalue weighted by molar-refractivity contribution is 0.0940. The van der Waals surface area contributed by atoms with Gasteiger partial charge in [0, 0.05) is 6.04 Å². The van der Waals surface area contributed by atoms with Crippen LogP contribution in [0.3, 0.4) is 0 Å². The first kappa shape index (κ1) is 13.7. The molecule has 0 bridgehead atoms.